The van der Waals surface area contributed by atoms with Crippen LogP contribution >= 0.6 is 0 Å². The standard InChI is InChI=1S/C10H19N2/c1-4-9(8-12(2)3)10-6-5-7-11-10/h4,10-11H,1,5-8H2,2-3H3. The van der Waals surface area contributed by atoms with Gasteiger partial charge in [0.15, 0.2) is 0 Å². The molecule has 1 radical (unpaired) electrons. The van der Waals surface area contributed by atoms with E-state index >= 15 is 0 Å². The Hall–Kier alpha value is -0.340. The molecule has 1 aliphatic rings. The van der Waals surface area contributed by atoms with Crippen LogP contribution in [0.3, 0.4) is 0 Å². The fourth-order valence-electron chi connectivity index (χ4n) is 1.68. The van der Waals surface area contributed by atoms with Crippen LogP contribution in [0.2, 0.25) is 0 Å². The maximum Gasteiger partial charge on any atom is 0.0278 e. The molecule has 0 aliphatic carbocycles. The Morgan fingerprint density at radius 3 is 2.83 bits per heavy atom. The summed E-state index contributed by atoms with van der Waals surface area (Å²) in [7, 11) is 4.19. The first kappa shape index (κ1) is 9.75. The second-order valence-corrected chi connectivity index (χ2v) is 3.67. The Bertz CT molecular complexity index is 137. The molecule has 0 saturated carbocycles. The van der Waals surface area contributed by atoms with Crippen LogP contribution in [0.5, 0.6) is 0 Å². The van der Waals surface area contributed by atoms with Crippen molar-refractivity contribution >= 4 is 0 Å². The van der Waals surface area contributed by atoms with Crippen LogP contribution < -0.4 is 5.32 Å². The van der Waals surface area contributed by atoms with Crippen LogP contribution in [0.25, 0.3) is 0 Å². The van der Waals surface area contributed by atoms with Gasteiger partial charge in [-0.25, -0.2) is 0 Å². The summed E-state index contributed by atoms with van der Waals surface area (Å²) in [5.41, 5.74) is 0. The average molecular weight is 167 g/mol. The van der Waals surface area contributed by atoms with Crippen LogP contribution in [-0.2, 0) is 0 Å². The van der Waals surface area contributed by atoms with Gasteiger partial charge in [-0.05, 0) is 33.5 Å². The largest absolute Gasteiger partial charge is 0.313 e. The molecule has 0 aromatic rings. The minimum Gasteiger partial charge on any atom is -0.313 e. The van der Waals surface area contributed by atoms with E-state index in [1.54, 1.807) is 0 Å². The first-order valence-electron chi connectivity index (χ1n) is 4.60. The molecule has 0 spiro atoms. The number of rotatable bonds is 4. The lowest BCUT2D eigenvalue weighted by atomic mass is 9.98. The van der Waals surface area contributed by atoms with E-state index in [2.05, 4.69) is 30.9 Å². The number of nitrogens with zero attached hydrogens (tertiary/aromatic N) is 1. The lowest BCUT2D eigenvalue weighted by Crippen LogP contribution is -2.34. The molecule has 2 heteroatoms. The van der Waals surface area contributed by atoms with Crippen LogP contribution in [0, 0.1) is 5.92 Å². The quantitative estimate of drug-likeness (QED) is 0.673. The number of hydrogen-bond acceptors (Lipinski definition) is 2. The third-order valence-electron chi connectivity index (χ3n) is 2.27. The summed E-state index contributed by atoms with van der Waals surface area (Å²) in [6.45, 7) is 6.05. The van der Waals surface area contributed by atoms with E-state index in [0.29, 0.717) is 6.04 Å². The highest BCUT2D eigenvalue weighted by Crippen LogP contribution is 2.18. The Balaban J connectivity index is 2.37. The molecular formula is C10H19N2. The highest BCUT2D eigenvalue weighted by atomic mass is 15.1. The molecule has 0 bridgehead atoms. The third-order valence-corrected chi connectivity index (χ3v) is 2.27. The zero-order valence-corrected chi connectivity index (χ0v) is 8.14. The van der Waals surface area contributed by atoms with Crippen molar-refractivity contribution < 1.29 is 0 Å². The summed E-state index contributed by atoms with van der Waals surface area (Å²) >= 11 is 0. The lowest BCUT2D eigenvalue weighted by Gasteiger charge is -2.22. The van der Waals surface area contributed by atoms with Crippen LogP contribution in [-0.4, -0.2) is 38.1 Å². The van der Waals surface area contributed by atoms with Gasteiger partial charge in [0.25, 0.3) is 0 Å². The van der Waals surface area contributed by atoms with Gasteiger partial charge in [0.05, 0.1) is 0 Å². The number of hydrogen-bond donors (Lipinski definition) is 1. The first-order chi connectivity index (χ1) is 5.74. The molecule has 1 rings (SSSR count). The van der Waals surface area contributed by atoms with E-state index in [9.17, 15) is 0 Å². The van der Waals surface area contributed by atoms with E-state index in [1.165, 1.54) is 18.8 Å². The summed E-state index contributed by atoms with van der Waals surface area (Å²) in [5.74, 6) is 1.43. The molecular weight excluding hydrogens is 148 g/mol. The van der Waals surface area contributed by atoms with E-state index in [0.717, 1.165) is 13.1 Å². The summed E-state index contributed by atoms with van der Waals surface area (Å²) in [5, 5.41) is 3.48. The second kappa shape index (κ2) is 4.63. The maximum atomic E-state index is 3.85. The summed E-state index contributed by atoms with van der Waals surface area (Å²) < 4.78 is 0. The fraction of sp³-hybridized carbons (Fsp3) is 0.700. The topological polar surface area (TPSA) is 15.3 Å². The normalized spacial score (nSPS) is 23.8. The lowest BCUT2D eigenvalue weighted by molar-refractivity contribution is 0.405. The monoisotopic (exact) mass is 167 g/mol. The third kappa shape index (κ3) is 2.61. The SMILES string of the molecule is C=C[C](CN(C)C)C1CCCN1. The molecule has 69 valence electrons. The summed E-state index contributed by atoms with van der Waals surface area (Å²) in [6, 6.07) is 0.588. The molecule has 1 unspecified atom stereocenters. The molecule has 0 aromatic carbocycles. The van der Waals surface area contributed by atoms with Crippen molar-refractivity contribution in [3.8, 4) is 0 Å². The highest BCUT2D eigenvalue weighted by Gasteiger charge is 2.22. The van der Waals surface area contributed by atoms with Gasteiger partial charge >= 0.3 is 0 Å². The zero-order valence-electron chi connectivity index (χ0n) is 8.14. The second-order valence-electron chi connectivity index (χ2n) is 3.67. The minimum atomic E-state index is 0.588. The molecule has 0 aromatic heterocycles. The minimum absolute atomic E-state index is 0.588. The Kier molecular flexibility index (Phi) is 3.76. The Labute approximate surface area is 75.6 Å². The van der Waals surface area contributed by atoms with Crippen LogP contribution in [0.15, 0.2) is 12.7 Å². The van der Waals surface area contributed by atoms with Crippen molar-refractivity contribution in [3.05, 3.63) is 18.6 Å². The summed E-state index contributed by atoms with van der Waals surface area (Å²) in [4.78, 5) is 2.19. The summed E-state index contributed by atoms with van der Waals surface area (Å²) in [6.07, 6.45) is 4.58. The van der Waals surface area contributed by atoms with Gasteiger partial charge in [-0.1, -0.05) is 6.08 Å². The van der Waals surface area contributed by atoms with E-state index in [1.807, 2.05) is 6.08 Å². The van der Waals surface area contributed by atoms with Gasteiger partial charge < -0.3 is 10.2 Å². The van der Waals surface area contributed by atoms with Gasteiger partial charge in [-0.3, -0.25) is 0 Å². The van der Waals surface area contributed by atoms with Crippen molar-refractivity contribution in [2.24, 2.45) is 0 Å². The Morgan fingerprint density at radius 2 is 2.42 bits per heavy atom. The van der Waals surface area contributed by atoms with Gasteiger partial charge in [0, 0.05) is 18.5 Å². The van der Waals surface area contributed by atoms with Gasteiger partial charge in [-0.15, -0.1) is 6.58 Å². The molecule has 1 saturated heterocycles. The van der Waals surface area contributed by atoms with Gasteiger partial charge in [0.1, 0.15) is 0 Å². The van der Waals surface area contributed by atoms with E-state index in [-0.39, 0.29) is 0 Å². The first-order valence-corrected chi connectivity index (χ1v) is 4.60. The van der Waals surface area contributed by atoms with Crippen LogP contribution in [0.4, 0.5) is 0 Å². The van der Waals surface area contributed by atoms with E-state index in [4.69, 9.17) is 0 Å². The molecule has 1 N–H and O–H groups in total. The molecule has 12 heavy (non-hydrogen) atoms. The van der Waals surface area contributed by atoms with Crippen molar-refractivity contribution in [2.75, 3.05) is 27.2 Å². The molecule has 1 fully saturated rings. The fourth-order valence-corrected chi connectivity index (χ4v) is 1.68. The molecule has 0 amide bonds. The highest BCUT2D eigenvalue weighted by molar-refractivity contribution is 5.16. The van der Waals surface area contributed by atoms with Crippen molar-refractivity contribution in [3.63, 3.8) is 0 Å². The van der Waals surface area contributed by atoms with Crippen molar-refractivity contribution in [1.82, 2.24) is 10.2 Å². The molecule has 1 atom stereocenters. The number of nitrogens with one attached hydrogen (secondary N) is 1. The maximum absolute atomic E-state index is 3.85. The predicted octanol–water partition coefficient (Wildman–Crippen LogP) is 1.06. The van der Waals surface area contributed by atoms with Gasteiger partial charge in [0.2, 0.25) is 0 Å². The molecule has 1 heterocycles. The van der Waals surface area contributed by atoms with Gasteiger partial charge in [-0.2, -0.15) is 0 Å². The van der Waals surface area contributed by atoms with Crippen LogP contribution in [0.1, 0.15) is 12.8 Å². The Morgan fingerprint density at radius 1 is 1.67 bits per heavy atom. The average Bonchev–Trinajstić information content (AvgIpc) is 2.51. The smallest absolute Gasteiger partial charge is 0.0278 e. The zero-order chi connectivity index (χ0) is 8.97. The van der Waals surface area contributed by atoms with Crippen molar-refractivity contribution in [2.45, 2.75) is 18.9 Å². The molecule has 2 nitrogen and oxygen atoms in total. The predicted molar refractivity (Wildman–Crippen MR) is 53.0 cm³/mol. The molecule has 1 aliphatic heterocycles. The van der Waals surface area contributed by atoms with Crippen molar-refractivity contribution in [1.29, 1.82) is 0 Å². The van der Waals surface area contributed by atoms with E-state index < -0.39 is 0 Å².